The standard InChI is InChI=1S/C23H16ClN3.C2H6/c24-19-13-20(23-21(14-19)25-9-10-26-23)17-6-7-22-18(12-17)8-11-27(22)15-16-4-2-1-3-5-16;1-2/h1-14H,15H2;1-2H3. The molecule has 3 nitrogen and oxygen atoms in total. The van der Waals surface area contributed by atoms with Gasteiger partial charge in [-0.15, -0.1) is 0 Å². The van der Waals surface area contributed by atoms with Crippen LogP contribution in [-0.2, 0) is 6.54 Å². The van der Waals surface area contributed by atoms with Crippen molar-refractivity contribution in [3.8, 4) is 11.1 Å². The highest BCUT2D eigenvalue weighted by atomic mass is 35.5. The van der Waals surface area contributed by atoms with Gasteiger partial charge in [-0.1, -0.05) is 61.8 Å². The van der Waals surface area contributed by atoms with Gasteiger partial charge in [-0.25, -0.2) is 0 Å². The maximum absolute atomic E-state index is 6.31. The number of rotatable bonds is 3. The Hall–Kier alpha value is -3.17. The number of hydrogen-bond donors (Lipinski definition) is 0. The van der Waals surface area contributed by atoms with Crippen molar-refractivity contribution in [2.24, 2.45) is 0 Å². The molecule has 144 valence electrons. The van der Waals surface area contributed by atoms with Gasteiger partial charge < -0.3 is 4.57 Å². The van der Waals surface area contributed by atoms with E-state index < -0.39 is 0 Å². The second-order valence-electron chi connectivity index (χ2n) is 6.58. The topological polar surface area (TPSA) is 30.7 Å². The first kappa shape index (κ1) is 19.2. The quantitative estimate of drug-likeness (QED) is 0.327. The molecule has 0 aliphatic carbocycles. The maximum Gasteiger partial charge on any atom is 0.0966 e. The molecule has 2 aromatic heterocycles. The van der Waals surface area contributed by atoms with Gasteiger partial charge in [0, 0.05) is 46.6 Å². The molecule has 5 aromatic rings. The van der Waals surface area contributed by atoms with Crippen molar-refractivity contribution in [1.82, 2.24) is 14.5 Å². The zero-order valence-electron chi connectivity index (χ0n) is 16.5. The molecule has 29 heavy (non-hydrogen) atoms. The van der Waals surface area contributed by atoms with Gasteiger partial charge in [-0.05, 0) is 41.5 Å². The smallest absolute Gasteiger partial charge is 0.0966 e. The highest BCUT2D eigenvalue weighted by molar-refractivity contribution is 6.31. The largest absolute Gasteiger partial charge is 0.343 e. The van der Waals surface area contributed by atoms with E-state index in [1.807, 2.05) is 32.0 Å². The highest BCUT2D eigenvalue weighted by Crippen LogP contribution is 2.32. The van der Waals surface area contributed by atoms with Crippen LogP contribution in [-0.4, -0.2) is 14.5 Å². The van der Waals surface area contributed by atoms with E-state index in [0.717, 1.165) is 28.7 Å². The number of fused-ring (bicyclic) bond motifs is 2. The van der Waals surface area contributed by atoms with E-state index in [0.29, 0.717) is 5.02 Å². The monoisotopic (exact) mass is 399 g/mol. The normalized spacial score (nSPS) is 10.7. The minimum atomic E-state index is 0.666. The molecule has 0 aliphatic rings. The van der Waals surface area contributed by atoms with Gasteiger partial charge in [-0.3, -0.25) is 9.97 Å². The number of halogens is 1. The van der Waals surface area contributed by atoms with Gasteiger partial charge >= 0.3 is 0 Å². The fourth-order valence-electron chi connectivity index (χ4n) is 3.55. The van der Waals surface area contributed by atoms with Crippen LogP contribution in [0.4, 0.5) is 0 Å². The molecule has 0 saturated heterocycles. The predicted molar refractivity (Wildman–Crippen MR) is 122 cm³/mol. The van der Waals surface area contributed by atoms with Crippen LogP contribution in [0.1, 0.15) is 19.4 Å². The summed E-state index contributed by atoms with van der Waals surface area (Å²) in [5.41, 5.74) is 6.26. The fraction of sp³-hybridized carbons (Fsp3) is 0.120. The predicted octanol–water partition coefficient (Wildman–Crippen LogP) is 6.98. The molecule has 0 fully saturated rings. The number of hydrogen-bond acceptors (Lipinski definition) is 2. The molecule has 0 radical (unpaired) electrons. The van der Waals surface area contributed by atoms with Gasteiger partial charge in [0.1, 0.15) is 0 Å². The third-order valence-electron chi connectivity index (χ3n) is 4.82. The Labute approximate surface area is 175 Å². The van der Waals surface area contributed by atoms with Crippen LogP contribution in [0.25, 0.3) is 33.1 Å². The SMILES string of the molecule is CC.Clc1cc(-c2ccc3c(ccn3Cc3ccccc3)c2)c2nccnc2c1. The lowest BCUT2D eigenvalue weighted by atomic mass is 10.0. The first-order valence-corrected chi connectivity index (χ1v) is 10.2. The van der Waals surface area contributed by atoms with Crippen molar-refractivity contribution < 1.29 is 0 Å². The van der Waals surface area contributed by atoms with Gasteiger partial charge in [0.15, 0.2) is 0 Å². The van der Waals surface area contributed by atoms with Gasteiger partial charge in [0.2, 0.25) is 0 Å². The van der Waals surface area contributed by atoms with E-state index >= 15 is 0 Å². The van der Waals surface area contributed by atoms with Gasteiger partial charge in [0.25, 0.3) is 0 Å². The van der Waals surface area contributed by atoms with E-state index in [2.05, 4.69) is 69.3 Å². The van der Waals surface area contributed by atoms with E-state index in [1.54, 1.807) is 12.4 Å². The van der Waals surface area contributed by atoms with Crippen LogP contribution >= 0.6 is 11.6 Å². The summed E-state index contributed by atoms with van der Waals surface area (Å²) in [5, 5.41) is 1.86. The molecule has 2 heterocycles. The summed E-state index contributed by atoms with van der Waals surface area (Å²) in [4.78, 5) is 8.90. The molecule has 0 unspecified atom stereocenters. The first-order valence-electron chi connectivity index (χ1n) is 9.81. The Morgan fingerprint density at radius 3 is 2.48 bits per heavy atom. The molecule has 0 aliphatic heterocycles. The number of aromatic nitrogens is 3. The molecule has 0 atom stereocenters. The van der Waals surface area contributed by atoms with Crippen LogP contribution in [0, 0.1) is 0 Å². The molecular formula is C25H22ClN3. The number of nitrogens with zero attached hydrogens (tertiary/aromatic N) is 3. The molecule has 0 saturated carbocycles. The zero-order valence-corrected chi connectivity index (χ0v) is 17.3. The van der Waals surface area contributed by atoms with Crippen LogP contribution in [0.3, 0.4) is 0 Å². The average molecular weight is 400 g/mol. The minimum absolute atomic E-state index is 0.666. The molecule has 0 N–H and O–H groups in total. The summed E-state index contributed by atoms with van der Waals surface area (Å²) >= 11 is 6.31. The molecule has 0 bridgehead atoms. The van der Waals surface area contributed by atoms with Gasteiger partial charge in [0.05, 0.1) is 11.0 Å². The summed E-state index contributed by atoms with van der Waals surface area (Å²) < 4.78 is 2.27. The van der Waals surface area contributed by atoms with Crippen LogP contribution < -0.4 is 0 Å². The lowest BCUT2D eigenvalue weighted by Gasteiger charge is -2.09. The van der Waals surface area contributed by atoms with Crippen LogP contribution in [0.2, 0.25) is 5.02 Å². The zero-order chi connectivity index (χ0) is 20.2. The average Bonchev–Trinajstić information content (AvgIpc) is 3.17. The second kappa shape index (κ2) is 8.46. The number of benzene rings is 3. The summed E-state index contributed by atoms with van der Waals surface area (Å²) in [6, 6.07) is 22.9. The summed E-state index contributed by atoms with van der Waals surface area (Å²) in [6.45, 7) is 4.86. The Morgan fingerprint density at radius 2 is 1.66 bits per heavy atom. The molecule has 4 heteroatoms. The van der Waals surface area contributed by atoms with Crippen LogP contribution in [0.15, 0.2) is 85.3 Å². The van der Waals surface area contributed by atoms with E-state index in [4.69, 9.17) is 11.6 Å². The van der Waals surface area contributed by atoms with E-state index in [1.165, 1.54) is 16.5 Å². The third-order valence-corrected chi connectivity index (χ3v) is 5.03. The van der Waals surface area contributed by atoms with Crippen LogP contribution in [0.5, 0.6) is 0 Å². The molecule has 0 spiro atoms. The molecule has 3 aromatic carbocycles. The first-order chi connectivity index (χ1) is 14.3. The van der Waals surface area contributed by atoms with Crippen molar-refractivity contribution in [3.05, 3.63) is 95.9 Å². The lowest BCUT2D eigenvalue weighted by molar-refractivity contribution is 0.837. The van der Waals surface area contributed by atoms with Gasteiger partial charge in [-0.2, -0.15) is 0 Å². The van der Waals surface area contributed by atoms with Crippen molar-refractivity contribution >= 4 is 33.5 Å². The van der Waals surface area contributed by atoms with E-state index in [9.17, 15) is 0 Å². The second-order valence-corrected chi connectivity index (χ2v) is 7.02. The van der Waals surface area contributed by atoms with Crippen molar-refractivity contribution in [2.75, 3.05) is 0 Å². The molecule has 0 amide bonds. The summed E-state index contributed by atoms with van der Waals surface area (Å²) in [7, 11) is 0. The minimum Gasteiger partial charge on any atom is -0.343 e. The molecular weight excluding hydrogens is 378 g/mol. The Kier molecular flexibility index (Phi) is 5.59. The molecule has 5 rings (SSSR count). The van der Waals surface area contributed by atoms with E-state index in [-0.39, 0.29) is 0 Å². The Morgan fingerprint density at radius 1 is 0.862 bits per heavy atom. The Balaban J connectivity index is 0.000000994. The lowest BCUT2D eigenvalue weighted by Crippen LogP contribution is -1.97. The Bertz CT molecular complexity index is 1260. The van der Waals surface area contributed by atoms with Crippen molar-refractivity contribution in [2.45, 2.75) is 20.4 Å². The summed E-state index contributed by atoms with van der Waals surface area (Å²) in [6.07, 6.45) is 5.54. The van der Waals surface area contributed by atoms with Crippen molar-refractivity contribution in [3.63, 3.8) is 0 Å². The highest BCUT2D eigenvalue weighted by Gasteiger charge is 2.10. The van der Waals surface area contributed by atoms with Crippen molar-refractivity contribution in [1.29, 1.82) is 0 Å². The maximum atomic E-state index is 6.31. The summed E-state index contributed by atoms with van der Waals surface area (Å²) in [5.74, 6) is 0. The fourth-order valence-corrected chi connectivity index (χ4v) is 3.76. The third kappa shape index (κ3) is 3.87.